The minimum absolute atomic E-state index is 0.0769. The lowest BCUT2D eigenvalue weighted by atomic mass is 9.91. The average Bonchev–Trinajstić information content (AvgIpc) is 2.79. The van der Waals surface area contributed by atoms with Gasteiger partial charge in [0, 0.05) is 23.1 Å². The van der Waals surface area contributed by atoms with Gasteiger partial charge in [0.1, 0.15) is 0 Å². The number of ketones is 1. The van der Waals surface area contributed by atoms with Gasteiger partial charge in [-0.05, 0) is 12.1 Å². The first-order chi connectivity index (χ1) is 10.2. The minimum Gasteiger partial charge on any atom is -0.297 e. The Labute approximate surface area is 125 Å². The Balaban J connectivity index is 2.39. The Bertz CT molecular complexity index is 765. The van der Waals surface area contributed by atoms with E-state index in [1.54, 1.807) is 20.8 Å². The Morgan fingerprint density at radius 3 is 2.41 bits per heavy atom. The Morgan fingerprint density at radius 1 is 1.32 bits per heavy atom. The van der Waals surface area contributed by atoms with E-state index in [-0.39, 0.29) is 23.8 Å². The summed E-state index contributed by atoms with van der Waals surface area (Å²) in [6.07, 6.45) is 0. The van der Waals surface area contributed by atoms with E-state index in [1.807, 2.05) is 0 Å². The van der Waals surface area contributed by atoms with Gasteiger partial charge in [0.2, 0.25) is 0 Å². The van der Waals surface area contributed by atoms with Crippen molar-refractivity contribution < 1.29 is 14.2 Å². The number of nitro benzene ring substituents is 1. The summed E-state index contributed by atoms with van der Waals surface area (Å²) in [5.74, 6) is -0.732. The van der Waals surface area contributed by atoms with Crippen LogP contribution in [0.4, 0.5) is 5.69 Å². The average molecular weight is 305 g/mol. The topological polar surface area (TPSA) is 108 Å². The highest BCUT2D eigenvalue weighted by Gasteiger charge is 2.24. The molecule has 1 aromatic heterocycles. The molecule has 0 fully saturated rings. The number of aromatic nitrogens is 2. The SMILES string of the molecule is CC(C)(C)C(=O)Cn1c(-c2ccc([N+](=O)[O-])cc2)noc1=O. The molecule has 2 rings (SSSR count). The Morgan fingerprint density at radius 2 is 1.91 bits per heavy atom. The largest absolute Gasteiger partial charge is 0.442 e. The van der Waals surface area contributed by atoms with E-state index in [0.29, 0.717) is 5.56 Å². The summed E-state index contributed by atoms with van der Waals surface area (Å²) in [6, 6.07) is 5.50. The molecule has 0 unspecified atom stereocenters. The van der Waals surface area contributed by atoms with Gasteiger partial charge >= 0.3 is 5.76 Å². The predicted molar refractivity (Wildman–Crippen MR) is 77.3 cm³/mol. The van der Waals surface area contributed by atoms with Gasteiger partial charge in [0.25, 0.3) is 5.69 Å². The Kier molecular flexibility index (Phi) is 3.94. The number of hydrogen-bond donors (Lipinski definition) is 0. The molecular weight excluding hydrogens is 290 g/mol. The lowest BCUT2D eigenvalue weighted by molar-refractivity contribution is -0.384. The zero-order valence-corrected chi connectivity index (χ0v) is 12.4. The highest BCUT2D eigenvalue weighted by Crippen LogP contribution is 2.21. The van der Waals surface area contributed by atoms with Gasteiger partial charge in [-0.1, -0.05) is 25.9 Å². The molecule has 1 aromatic carbocycles. The second kappa shape index (κ2) is 5.55. The van der Waals surface area contributed by atoms with Crippen LogP contribution in [0.1, 0.15) is 20.8 Å². The van der Waals surface area contributed by atoms with Gasteiger partial charge in [0.15, 0.2) is 11.6 Å². The number of benzene rings is 1. The molecule has 0 spiro atoms. The molecule has 8 nitrogen and oxygen atoms in total. The molecule has 0 aliphatic heterocycles. The molecule has 1 heterocycles. The first kappa shape index (κ1) is 15.6. The van der Waals surface area contributed by atoms with E-state index in [2.05, 4.69) is 9.68 Å². The molecule has 0 radical (unpaired) electrons. The van der Waals surface area contributed by atoms with Crippen LogP contribution < -0.4 is 5.76 Å². The van der Waals surface area contributed by atoms with E-state index >= 15 is 0 Å². The maximum atomic E-state index is 12.1. The van der Waals surface area contributed by atoms with Crippen LogP contribution in [-0.2, 0) is 11.3 Å². The third-order valence-electron chi connectivity index (χ3n) is 3.16. The van der Waals surface area contributed by atoms with Crippen molar-refractivity contribution in [3.8, 4) is 11.4 Å². The van der Waals surface area contributed by atoms with E-state index in [4.69, 9.17) is 0 Å². The second-order valence-electron chi connectivity index (χ2n) is 5.84. The number of non-ortho nitro benzene ring substituents is 1. The fraction of sp³-hybridized carbons (Fsp3) is 0.357. The quantitative estimate of drug-likeness (QED) is 0.631. The van der Waals surface area contributed by atoms with Crippen LogP contribution in [0.3, 0.4) is 0 Å². The molecule has 0 aliphatic rings. The molecule has 0 saturated heterocycles. The van der Waals surface area contributed by atoms with Crippen LogP contribution in [0.25, 0.3) is 11.4 Å². The number of Topliss-reactive ketones (excluding diaryl/α,β-unsaturated/α-hetero) is 1. The zero-order valence-electron chi connectivity index (χ0n) is 12.4. The van der Waals surface area contributed by atoms with E-state index in [1.165, 1.54) is 24.3 Å². The van der Waals surface area contributed by atoms with Crippen molar-refractivity contribution in [2.75, 3.05) is 0 Å². The molecule has 0 bridgehead atoms. The maximum Gasteiger partial charge on any atom is 0.442 e. The minimum atomic E-state index is -0.744. The first-order valence-corrected chi connectivity index (χ1v) is 6.55. The fourth-order valence-electron chi connectivity index (χ4n) is 1.73. The number of hydrogen-bond acceptors (Lipinski definition) is 6. The van der Waals surface area contributed by atoms with Crippen molar-refractivity contribution >= 4 is 11.5 Å². The normalized spacial score (nSPS) is 11.4. The van der Waals surface area contributed by atoms with Gasteiger partial charge in [-0.15, -0.1) is 0 Å². The van der Waals surface area contributed by atoms with Gasteiger partial charge in [0.05, 0.1) is 11.5 Å². The van der Waals surface area contributed by atoms with Gasteiger partial charge in [-0.25, -0.2) is 9.36 Å². The lowest BCUT2D eigenvalue weighted by Gasteiger charge is -2.16. The molecule has 22 heavy (non-hydrogen) atoms. The van der Waals surface area contributed by atoms with Crippen LogP contribution in [0, 0.1) is 15.5 Å². The number of nitro groups is 1. The van der Waals surface area contributed by atoms with Crippen LogP contribution in [-0.4, -0.2) is 20.4 Å². The maximum absolute atomic E-state index is 12.1. The number of carbonyl (C=O) groups is 1. The lowest BCUT2D eigenvalue weighted by Crippen LogP contribution is -2.29. The van der Waals surface area contributed by atoms with Crippen molar-refractivity contribution in [2.24, 2.45) is 5.41 Å². The molecule has 8 heteroatoms. The standard InChI is InChI=1S/C14H15N3O5/c1-14(2,3)11(18)8-16-12(15-22-13(16)19)9-4-6-10(7-5-9)17(20)21/h4-7H,8H2,1-3H3. The summed E-state index contributed by atoms with van der Waals surface area (Å²) < 4.78 is 5.73. The molecule has 0 aliphatic carbocycles. The highest BCUT2D eigenvalue weighted by molar-refractivity contribution is 5.83. The van der Waals surface area contributed by atoms with Gasteiger partial charge in [-0.3, -0.25) is 19.4 Å². The van der Waals surface area contributed by atoms with E-state index in [9.17, 15) is 19.7 Å². The number of carbonyl (C=O) groups excluding carboxylic acids is 1. The molecule has 0 atom stereocenters. The second-order valence-corrected chi connectivity index (χ2v) is 5.84. The fourth-order valence-corrected chi connectivity index (χ4v) is 1.73. The molecule has 116 valence electrons. The van der Waals surface area contributed by atoms with Crippen molar-refractivity contribution in [2.45, 2.75) is 27.3 Å². The summed E-state index contributed by atoms with van der Waals surface area (Å²) in [7, 11) is 0. The number of rotatable bonds is 4. The molecule has 2 aromatic rings. The van der Waals surface area contributed by atoms with Crippen molar-refractivity contribution in [3.63, 3.8) is 0 Å². The van der Waals surface area contributed by atoms with E-state index in [0.717, 1.165) is 4.57 Å². The summed E-state index contributed by atoms with van der Waals surface area (Å²) in [5.41, 5.74) is -0.228. The summed E-state index contributed by atoms with van der Waals surface area (Å²) in [5, 5.41) is 14.3. The third kappa shape index (κ3) is 3.11. The van der Waals surface area contributed by atoms with Crippen molar-refractivity contribution in [1.29, 1.82) is 0 Å². The van der Waals surface area contributed by atoms with Crippen LogP contribution in [0.15, 0.2) is 33.6 Å². The molecule has 0 amide bonds. The highest BCUT2D eigenvalue weighted by atomic mass is 16.6. The smallest absolute Gasteiger partial charge is 0.297 e. The summed E-state index contributed by atoms with van der Waals surface area (Å²) in [4.78, 5) is 33.9. The van der Waals surface area contributed by atoms with Gasteiger partial charge < -0.3 is 0 Å². The number of nitrogens with zero attached hydrogens (tertiary/aromatic N) is 3. The van der Waals surface area contributed by atoms with Crippen molar-refractivity contribution in [3.05, 3.63) is 44.9 Å². The molecule has 0 saturated carbocycles. The monoisotopic (exact) mass is 305 g/mol. The summed E-state index contributed by atoms with van der Waals surface area (Å²) >= 11 is 0. The van der Waals surface area contributed by atoms with E-state index < -0.39 is 16.1 Å². The van der Waals surface area contributed by atoms with Crippen LogP contribution in [0.5, 0.6) is 0 Å². The van der Waals surface area contributed by atoms with Crippen LogP contribution >= 0.6 is 0 Å². The van der Waals surface area contributed by atoms with Crippen LogP contribution in [0.2, 0.25) is 0 Å². The first-order valence-electron chi connectivity index (χ1n) is 6.55. The van der Waals surface area contributed by atoms with Crippen molar-refractivity contribution in [1.82, 2.24) is 9.72 Å². The zero-order chi connectivity index (χ0) is 16.5. The molecular formula is C14H15N3O5. The summed E-state index contributed by atoms with van der Waals surface area (Å²) in [6.45, 7) is 5.08. The predicted octanol–water partition coefficient (Wildman–Crippen LogP) is 2.03. The third-order valence-corrected chi connectivity index (χ3v) is 3.16. The van der Waals surface area contributed by atoms with Gasteiger partial charge in [-0.2, -0.15) is 0 Å². The Hall–Kier alpha value is -2.77. The molecule has 0 N–H and O–H groups in total.